The maximum absolute atomic E-state index is 10.6. The third kappa shape index (κ3) is 5.81. The molecule has 1 aliphatic rings. The highest BCUT2D eigenvalue weighted by Gasteiger charge is 2.26. The molecule has 1 unspecified atom stereocenters. The van der Waals surface area contributed by atoms with Crippen molar-refractivity contribution in [3.63, 3.8) is 0 Å². The van der Waals surface area contributed by atoms with E-state index < -0.39 is 5.60 Å². The number of nitrogens with one attached hydrogen (secondary N) is 2. The Kier molecular flexibility index (Phi) is 7.06. The molecule has 2 aromatic heterocycles. The summed E-state index contributed by atoms with van der Waals surface area (Å²) >= 11 is 0. The van der Waals surface area contributed by atoms with E-state index in [1.54, 1.807) is 25.3 Å². The summed E-state index contributed by atoms with van der Waals surface area (Å²) in [5.41, 5.74) is -0.0123. The van der Waals surface area contributed by atoms with Crippen molar-refractivity contribution in [2.24, 2.45) is 4.99 Å². The first-order valence-corrected chi connectivity index (χ1v) is 10.0. The number of hydrogen-bond donors (Lipinski definition) is 3. The summed E-state index contributed by atoms with van der Waals surface area (Å²) in [6.45, 7) is 7.71. The number of rotatable bonds is 7. The number of furan rings is 1. The van der Waals surface area contributed by atoms with Crippen molar-refractivity contribution in [2.75, 3.05) is 26.2 Å². The van der Waals surface area contributed by atoms with Crippen LogP contribution < -0.4 is 10.6 Å². The molecule has 152 valence electrons. The molecule has 0 radical (unpaired) electrons. The molecule has 0 aliphatic carbocycles. The first kappa shape index (κ1) is 20.4. The van der Waals surface area contributed by atoms with Crippen LogP contribution in [0.2, 0.25) is 0 Å². The zero-order valence-electron chi connectivity index (χ0n) is 16.8. The highest BCUT2D eigenvalue weighted by atomic mass is 16.4. The fourth-order valence-corrected chi connectivity index (χ4v) is 3.37. The molecule has 1 fully saturated rings. The minimum Gasteiger partial charge on any atom is -0.466 e. The minimum atomic E-state index is -1.13. The van der Waals surface area contributed by atoms with E-state index in [4.69, 9.17) is 4.42 Å². The molecule has 0 saturated carbocycles. The summed E-state index contributed by atoms with van der Waals surface area (Å²) in [6, 6.07) is 9.97. The SMILES string of the molecule is CCNC(=NCC(C)(O)c1ccco1)NC1CCN(Cc2ccccn2)CC1. The van der Waals surface area contributed by atoms with Gasteiger partial charge in [0.1, 0.15) is 11.4 Å². The van der Waals surface area contributed by atoms with Crippen LogP contribution in [0.25, 0.3) is 0 Å². The Morgan fingerprint density at radius 1 is 1.32 bits per heavy atom. The Hall–Kier alpha value is -2.38. The molecule has 1 aliphatic heterocycles. The molecule has 0 amide bonds. The molecule has 7 nitrogen and oxygen atoms in total. The number of hydrogen-bond acceptors (Lipinski definition) is 5. The predicted octanol–water partition coefficient (Wildman–Crippen LogP) is 2.10. The lowest BCUT2D eigenvalue weighted by Crippen LogP contribution is -2.49. The van der Waals surface area contributed by atoms with Crippen LogP contribution in [0.3, 0.4) is 0 Å². The van der Waals surface area contributed by atoms with Gasteiger partial charge in [-0.3, -0.25) is 9.88 Å². The molecule has 0 bridgehead atoms. The topological polar surface area (TPSA) is 85.9 Å². The molecule has 3 heterocycles. The smallest absolute Gasteiger partial charge is 0.191 e. The van der Waals surface area contributed by atoms with Gasteiger partial charge in [-0.1, -0.05) is 6.07 Å². The number of aliphatic imine (C=N–C) groups is 1. The van der Waals surface area contributed by atoms with Gasteiger partial charge in [-0.15, -0.1) is 0 Å². The maximum Gasteiger partial charge on any atom is 0.191 e. The van der Waals surface area contributed by atoms with Gasteiger partial charge in [0.05, 0.1) is 18.5 Å². The largest absolute Gasteiger partial charge is 0.466 e. The van der Waals surface area contributed by atoms with E-state index in [-0.39, 0.29) is 6.54 Å². The van der Waals surface area contributed by atoms with Crippen LogP contribution in [0, 0.1) is 0 Å². The number of aromatic nitrogens is 1. The van der Waals surface area contributed by atoms with E-state index in [2.05, 4.69) is 31.6 Å². The van der Waals surface area contributed by atoms with Crippen molar-refractivity contribution in [2.45, 2.75) is 44.9 Å². The van der Waals surface area contributed by atoms with Crippen molar-refractivity contribution < 1.29 is 9.52 Å². The van der Waals surface area contributed by atoms with Gasteiger partial charge < -0.3 is 20.2 Å². The highest BCUT2D eigenvalue weighted by molar-refractivity contribution is 5.80. The fraction of sp³-hybridized carbons (Fsp3) is 0.524. The average molecular weight is 386 g/mol. The fourth-order valence-electron chi connectivity index (χ4n) is 3.37. The van der Waals surface area contributed by atoms with Gasteiger partial charge in [0.2, 0.25) is 0 Å². The number of piperidine rings is 1. The first-order chi connectivity index (χ1) is 13.6. The summed E-state index contributed by atoms with van der Waals surface area (Å²) in [5.74, 6) is 1.26. The van der Waals surface area contributed by atoms with E-state index in [1.807, 2.05) is 25.3 Å². The monoisotopic (exact) mass is 385 g/mol. The number of pyridine rings is 1. The molecule has 3 N–H and O–H groups in total. The Morgan fingerprint density at radius 3 is 2.79 bits per heavy atom. The molecular formula is C21H31N5O2. The second kappa shape index (κ2) is 9.71. The molecule has 0 aromatic carbocycles. The summed E-state index contributed by atoms with van der Waals surface area (Å²) < 4.78 is 5.33. The zero-order valence-corrected chi connectivity index (χ0v) is 16.8. The van der Waals surface area contributed by atoms with Gasteiger partial charge in [-0.05, 0) is 51.0 Å². The quantitative estimate of drug-likeness (QED) is 0.500. The normalized spacial score (nSPS) is 18.6. The van der Waals surface area contributed by atoms with E-state index in [9.17, 15) is 5.11 Å². The molecule has 3 rings (SSSR count). The Morgan fingerprint density at radius 2 is 2.14 bits per heavy atom. The number of likely N-dealkylation sites (tertiary alicyclic amines) is 1. The second-order valence-corrected chi connectivity index (χ2v) is 7.46. The van der Waals surface area contributed by atoms with Crippen LogP contribution >= 0.6 is 0 Å². The molecule has 1 atom stereocenters. The number of guanidine groups is 1. The van der Waals surface area contributed by atoms with Crippen LogP contribution in [0.4, 0.5) is 0 Å². The summed E-state index contributed by atoms with van der Waals surface area (Å²) in [7, 11) is 0. The van der Waals surface area contributed by atoms with Crippen LogP contribution in [0.15, 0.2) is 52.2 Å². The van der Waals surface area contributed by atoms with E-state index >= 15 is 0 Å². The van der Waals surface area contributed by atoms with Gasteiger partial charge in [0.15, 0.2) is 5.96 Å². The molecule has 2 aromatic rings. The lowest BCUT2D eigenvalue weighted by Gasteiger charge is -2.33. The lowest BCUT2D eigenvalue weighted by atomic mass is 10.0. The van der Waals surface area contributed by atoms with Gasteiger partial charge >= 0.3 is 0 Å². The van der Waals surface area contributed by atoms with E-state index in [0.717, 1.165) is 50.7 Å². The second-order valence-electron chi connectivity index (χ2n) is 7.46. The summed E-state index contributed by atoms with van der Waals surface area (Å²) in [6.07, 6.45) is 5.51. The van der Waals surface area contributed by atoms with Gasteiger partial charge in [0.25, 0.3) is 0 Å². The Labute approximate surface area is 166 Å². The average Bonchev–Trinajstić information content (AvgIpc) is 3.25. The number of nitrogens with zero attached hydrogens (tertiary/aromatic N) is 3. The van der Waals surface area contributed by atoms with Gasteiger partial charge in [-0.2, -0.15) is 0 Å². The van der Waals surface area contributed by atoms with Crippen molar-refractivity contribution in [3.05, 3.63) is 54.2 Å². The molecule has 7 heteroatoms. The molecule has 28 heavy (non-hydrogen) atoms. The molecular weight excluding hydrogens is 354 g/mol. The van der Waals surface area contributed by atoms with Crippen molar-refractivity contribution in [3.8, 4) is 0 Å². The van der Waals surface area contributed by atoms with E-state index in [0.29, 0.717) is 11.8 Å². The Bertz CT molecular complexity index is 723. The minimum absolute atomic E-state index is 0.231. The summed E-state index contributed by atoms with van der Waals surface area (Å²) in [4.78, 5) is 11.4. The Balaban J connectivity index is 1.50. The standard InChI is InChI=1S/C21H31N5O2/c1-3-22-20(24-16-21(2,27)19-8-6-14-28-19)25-17-9-12-26(13-10-17)15-18-7-4-5-11-23-18/h4-8,11,14,17,27H,3,9-10,12-13,15-16H2,1-2H3,(H2,22,24,25). The van der Waals surface area contributed by atoms with Gasteiger partial charge in [0, 0.05) is 38.4 Å². The number of aliphatic hydroxyl groups is 1. The van der Waals surface area contributed by atoms with Crippen molar-refractivity contribution in [1.82, 2.24) is 20.5 Å². The lowest BCUT2D eigenvalue weighted by molar-refractivity contribution is 0.0436. The third-order valence-corrected chi connectivity index (χ3v) is 4.98. The van der Waals surface area contributed by atoms with Crippen LogP contribution in [0.5, 0.6) is 0 Å². The van der Waals surface area contributed by atoms with Crippen molar-refractivity contribution in [1.29, 1.82) is 0 Å². The molecule has 1 saturated heterocycles. The van der Waals surface area contributed by atoms with Gasteiger partial charge in [-0.25, -0.2) is 4.99 Å². The summed E-state index contributed by atoms with van der Waals surface area (Å²) in [5, 5.41) is 17.4. The van der Waals surface area contributed by atoms with Crippen LogP contribution in [-0.2, 0) is 12.1 Å². The van der Waals surface area contributed by atoms with E-state index in [1.165, 1.54) is 0 Å². The van der Waals surface area contributed by atoms with Crippen LogP contribution in [0.1, 0.15) is 38.1 Å². The zero-order chi connectivity index (χ0) is 19.8. The first-order valence-electron chi connectivity index (χ1n) is 10.0. The van der Waals surface area contributed by atoms with Crippen LogP contribution in [-0.4, -0.2) is 53.2 Å². The molecule has 0 spiro atoms. The maximum atomic E-state index is 10.6. The predicted molar refractivity (Wildman–Crippen MR) is 110 cm³/mol. The highest BCUT2D eigenvalue weighted by Crippen LogP contribution is 2.21. The van der Waals surface area contributed by atoms with Crippen molar-refractivity contribution >= 4 is 5.96 Å². The third-order valence-electron chi connectivity index (χ3n) is 4.98.